The van der Waals surface area contributed by atoms with Crippen molar-refractivity contribution in [1.29, 1.82) is 0 Å². The van der Waals surface area contributed by atoms with Crippen LogP contribution in [0.1, 0.15) is 29.7 Å². The SMILES string of the molecule is CCc1cnccc1C(NN)c1c(OC)cccc1OC. The molecule has 0 aliphatic carbocycles. The normalized spacial score (nSPS) is 12.0. The fourth-order valence-corrected chi connectivity index (χ4v) is 2.51. The lowest BCUT2D eigenvalue weighted by atomic mass is 9.94. The van der Waals surface area contributed by atoms with E-state index in [1.807, 2.05) is 30.5 Å². The van der Waals surface area contributed by atoms with Gasteiger partial charge >= 0.3 is 0 Å². The molecule has 5 heteroatoms. The first-order valence-corrected chi connectivity index (χ1v) is 6.86. The van der Waals surface area contributed by atoms with E-state index >= 15 is 0 Å². The van der Waals surface area contributed by atoms with E-state index in [1.54, 1.807) is 20.4 Å². The van der Waals surface area contributed by atoms with E-state index in [2.05, 4.69) is 17.3 Å². The number of nitrogens with two attached hydrogens (primary N) is 1. The first kappa shape index (κ1) is 15.3. The average molecular weight is 287 g/mol. The molecule has 2 rings (SSSR count). The molecule has 0 saturated heterocycles. The topological polar surface area (TPSA) is 69.4 Å². The van der Waals surface area contributed by atoms with Crippen molar-refractivity contribution in [2.45, 2.75) is 19.4 Å². The molecule has 0 fully saturated rings. The zero-order valence-corrected chi connectivity index (χ0v) is 12.6. The minimum Gasteiger partial charge on any atom is -0.496 e. The predicted molar refractivity (Wildman–Crippen MR) is 82.3 cm³/mol. The standard InChI is InChI=1S/C16H21N3O2/c1-4-11-10-18-9-8-12(11)16(19-17)15-13(20-2)6-5-7-14(15)21-3/h5-10,16,19H,4,17H2,1-3H3. The Morgan fingerprint density at radius 3 is 2.38 bits per heavy atom. The molecule has 1 heterocycles. The van der Waals surface area contributed by atoms with Gasteiger partial charge in [0.1, 0.15) is 11.5 Å². The Morgan fingerprint density at radius 2 is 1.86 bits per heavy atom. The molecule has 112 valence electrons. The number of pyridine rings is 1. The lowest BCUT2D eigenvalue weighted by Crippen LogP contribution is -2.30. The van der Waals surface area contributed by atoms with E-state index in [4.69, 9.17) is 15.3 Å². The van der Waals surface area contributed by atoms with Gasteiger partial charge in [-0.3, -0.25) is 10.8 Å². The van der Waals surface area contributed by atoms with Crippen LogP contribution in [0.2, 0.25) is 0 Å². The third-order valence-electron chi connectivity index (χ3n) is 3.55. The Kier molecular flexibility index (Phi) is 5.14. The summed E-state index contributed by atoms with van der Waals surface area (Å²) in [5.41, 5.74) is 5.95. The highest BCUT2D eigenvalue weighted by Gasteiger charge is 2.23. The third-order valence-corrected chi connectivity index (χ3v) is 3.55. The van der Waals surface area contributed by atoms with Crippen molar-refractivity contribution >= 4 is 0 Å². The Morgan fingerprint density at radius 1 is 1.19 bits per heavy atom. The monoisotopic (exact) mass is 287 g/mol. The Hall–Kier alpha value is -2.11. The molecule has 0 aliphatic rings. The number of ether oxygens (including phenoxy) is 2. The molecular formula is C16H21N3O2. The molecular weight excluding hydrogens is 266 g/mol. The zero-order valence-electron chi connectivity index (χ0n) is 12.6. The van der Waals surface area contributed by atoms with E-state index in [0.717, 1.165) is 34.6 Å². The smallest absolute Gasteiger partial charge is 0.127 e. The van der Waals surface area contributed by atoms with Gasteiger partial charge in [-0.15, -0.1) is 0 Å². The lowest BCUT2D eigenvalue weighted by molar-refractivity contribution is 0.377. The van der Waals surface area contributed by atoms with E-state index in [1.165, 1.54) is 0 Å². The van der Waals surface area contributed by atoms with Gasteiger partial charge in [-0.2, -0.15) is 0 Å². The minimum absolute atomic E-state index is 0.228. The van der Waals surface area contributed by atoms with Crippen LogP contribution in [0.5, 0.6) is 11.5 Å². The van der Waals surface area contributed by atoms with Gasteiger partial charge in [-0.05, 0) is 35.7 Å². The number of hydrazine groups is 1. The van der Waals surface area contributed by atoms with Gasteiger partial charge in [0.2, 0.25) is 0 Å². The largest absolute Gasteiger partial charge is 0.496 e. The second-order valence-electron chi connectivity index (χ2n) is 4.60. The van der Waals surface area contributed by atoms with Crippen LogP contribution >= 0.6 is 0 Å². The maximum absolute atomic E-state index is 5.83. The summed E-state index contributed by atoms with van der Waals surface area (Å²) in [5.74, 6) is 7.29. The number of aromatic nitrogens is 1. The summed E-state index contributed by atoms with van der Waals surface area (Å²) in [5, 5.41) is 0. The van der Waals surface area contributed by atoms with E-state index in [9.17, 15) is 0 Å². The van der Waals surface area contributed by atoms with Gasteiger partial charge in [0.05, 0.1) is 25.8 Å². The quantitative estimate of drug-likeness (QED) is 0.630. The summed E-state index contributed by atoms with van der Waals surface area (Å²) in [6.45, 7) is 2.09. The van der Waals surface area contributed by atoms with Crippen molar-refractivity contribution in [2.75, 3.05) is 14.2 Å². The predicted octanol–water partition coefficient (Wildman–Crippen LogP) is 2.21. The molecule has 3 N–H and O–H groups in total. The second-order valence-corrected chi connectivity index (χ2v) is 4.60. The summed E-state index contributed by atoms with van der Waals surface area (Å²) in [7, 11) is 3.28. The van der Waals surface area contributed by atoms with Crippen molar-refractivity contribution in [3.63, 3.8) is 0 Å². The molecule has 2 aromatic rings. The molecule has 0 radical (unpaired) electrons. The molecule has 1 aromatic carbocycles. The number of methoxy groups -OCH3 is 2. The molecule has 0 amide bonds. The highest BCUT2D eigenvalue weighted by molar-refractivity contribution is 5.51. The summed E-state index contributed by atoms with van der Waals surface area (Å²) >= 11 is 0. The van der Waals surface area contributed by atoms with Crippen molar-refractivity contribution in [3.05, 3.63) is 53.3 Å². The molecule has 5 nitrogen and oxygen atoms in total. The first-order valence-electron chi connectivity index (χ1n) is 6.86. The minimum atomic E-state index is -0.228. The van der Waals surface area contributed by atoms with Gasteiger partial charge in [0.25, 0.3) is 0 Å². The van der Waals surface area contributed by atoms with Crippen LogP contribution in [0.4, 0.5) is 0 Å². The summed E-state index contributed by atoms with van der Waals surface area (Å²) in [6.07, 6.45) is 4.50. The molecule has 0 spiro atoms. The lowest BCUT2D eigenvalue weighted by Gasteiger charge is -2.23. The number of rotatable bonds is 6. The van der Waals surface area contributed by atoms with Crippen LogP contribution in [0.15, 0.2) is 36.7 Å². The fourth-order valence-electron chi connectivity index (χ4n) is 2.51. The highest BCUT2D eigenvalue weighted by Crippen LogP contribution is 2.37. The summed E-state index contributed by atoms with van der Waals surface area (Å²) in [6, 6.07) is 7.43. The molecule has 1 aromatic heterocycles. The van der Waals surface area contributed by atoms with Gasteiger partial charge in [0.15, 0.2) is 0 Å². The van der Waals surface area contributed by atoms with E-state index in [-0.39, 0.29) is 6.04 Å². The van der Waals surface area contributed by atoms with Crippen LogP contribution in [0, 0.1) is 0 Å². The van der Waals surface area contributed by atoms with E-state index in [0.29, 0.717) is 0 Å². The molecule has 21 heavy (non-hydrogen) atoms. The van der Waals surface area contributed by atoms with Gasteiger partial charge in [-0.25, -0.2) is 5.43 Å². The number of aryl methyl sites for hydroxylation is 1. The molecule has 0 saturated carbocycles. The van der Waals surface area contributed by atoms with Gasteiger partial charge < -0.3 is 9.47 Å². The van der Waals surface area contributed by atoms with Crippen molar-refractivity contribution in [1.82, 2.24) is 10.4 Å². The zero-order chi connectivity index (χ0) is 15.2. The first-order chi connectivity index (χ1) is 10.3. The summed E-state index contributed by atoms with van der Waals surface area (Å²) in [4.78, 5) is 4.18. The van der Waals surface area contributed by atoms with Gasteiger partial charge in [-0.1, -0.05) is 13.0 Å². The number of hydrogen-bond acceptors (Lipinski definition) is 5. The second kappa shape index (κ2) is 7.06. The molecule has 0 aliphatic heterocycles. The van der Waals surface area contributed by atoms with Crippen LogP contribution in [-0.4, -0.2) is 19.2 Å². The summed E-state index contributed by atoms with van der Waals surface area (Å²) < 4.78 is 10.9. The Balaban J connectivity index is 2.61. The Bertz CT molecular complexity index is 580. The number of hydrogen-bond donors (Lipinski definition) is 2. The van der Waals surface area contributed by atoms with Crippen molar-refractivity contribution < 1.29 is 9.47 Å². The molecule has 1 unspecified atom stereocenters. The number of nitrogens with zero attached hydrogens (tertiary/aromatic N) is 1. The fraction of sp³-hybridized carbons (Fsp3) is 0.312. The maximum Gasteiger partial charge on any atom is 0.127 e. The van der Waals surface area contributed by atoms with Crippen molar-refractivity contribution in [2.24, 2.45) is 5.84 Å². The van der Waals surface area contributed by atoms with Crippen LogP contribution in [0.25, 0.3) is 0 Å². The van der Waals surface area contributed by atoms with Gasteiger partial charge in [0, 0.05) is 12.4 Å². The van der Waals surface area contributed by atoms with E-state index < -0.39 is 0 Å². The highest BCUT2D eigenvalue weighted by atomic mass is 16.5. The number of benzene rings is 1. The maximum atomic E-state index is 5.83. The van der Waals surface area contributed by atoms with Crippen molar-refractivity contribution in [3.8, 4) is 11.5 Å². The average Bonchev–Trinajstić information content (AvgIpc) is 2.56. The van der Waals surface area contributed by atoms with Crippen LogP contribution < -0.4 is 20.7 Å². The Labute approximate surface area is 125 Å². The van der Waals surface area contributed by atoms with Crippen LogP contribution in [-0.2, 0) is 6.42 Å². The molecule has 1 atom stereocenters. The number of nitrogens with one attached hydrogen (secondary N) is 1. The molecule has 0 bridgehead atoms. The van der Waals surface area contributed by atoms with Crippen LogP contribution in [0.3, 0.4) is 0 Å². The third kappa shape index (κ3) is 2.99.